The van der Waals surface area contributed by atoms with Gasteiger partial charge >= 0.3 is 0 Å². The van der Waals surface area contributed by atoms with E-state index < -0.39 is 0 Å². The molecule has 2 N–H and O–H groups in total. The predicted molar refractivity (Wildman–Crippen MR) is 80.7 cm³/mol. The third-order valence-corrected chi connectivity index (χ3v) is 4.63. The van der Waals surface area contributed by atoms with Crippen LogP contribution in [0.1, 0.15) is 36.9 Å². The van der Waals surface area contributed by atoms with E-state index in [4.69, 9.17) is 5.73 Å². The zero-order chi connectivity index (χ0) is 15.1. The second-order valence-corrected chi connectivity index (χ2v) is 6.17. The standard InChI is InChI=1S/C16H22FN3O/c1-10-7-15(13(11(2)18)8-14(10)17)19-5-6-20-12(9-19)3-4-16(20)21/h7-8,11-12H,3-6,9,18H2,1-2H3/t11-,12?/m0/s1. The minimum Gasteiger partial charge on any atom is -0.367 e. The predicted octanol–water partition coefficient (Wildman–Crippen LogP) is 1.96. The highest BCUT2D eigenvalue weighted by molar-refractivity contribution is 5.79. The van der Waals surface area contributed by atoms with Gasteiger partial charge < -0.3 is 15.5 Å². The monoisotopic (exact) mass is 291 g/mol. The molecular formula is C16H22FN3O. The summed E-state index contributed by atoms with van der Waals surface area (Å²) in [5.74, 6) is 0.0584. The van der Waals surface area contributed by atoms with E-state index in [1.807, 2.05) is 17.9 Å². The van der Waals surface area contributed by atoms with Crippen LogP contribution in [0.2, 0.25) is 0 Å². The van der Waals surface area contributed by atoms with Gasteiger partial charge in [0, 0.05) is 43.8 Å². The van der Waals surface area contributed by atoms with Crippen molar-refractivity contribution < 1.29 is 9.18 Å². The van der Waals surface area contributed by atoms with Crippen LogP contribution in [0.25, 0.3) is 0 Å². The van der Waals surface area contributed by atoms with E-state index in [0.29, 0.717) is 12.0 Å². The normalized spacial score (nSPS) is 23.4. The van der Waals surface area contributed by atoms with E-state index in [9.17, 15) is 9.18 Å². The Morgan fingerprint density at radius 1 is 1.38 bits per heavy atom. The third-order valence-electron chi connectivity index (χ3n) is 4.63. The molecule has 1 amide bonds. The zero-order valence-corrected chi connectivity index (χ0v) is 12.6. The molecule has 114 valence electrons. The lowest BCUT2D eigenvalue weighted by Crippen LogP contribution is -2.51. The molecule has 0 bridgehead atoms. The smallest absolute Gasteiger partial charge is 0.223 e. The second-order valence-electron chi connectivity index (χ2n) is 6.17. The number of carbonyl (C=O) groups excluding carboxylic acids is 1. The first kappa shape index (κ1) is 14.3. The molecule has 0 spiro atoms. The Bertz CT molecular complexity index is 573. The summed E-state index contributed by atoms with van der Waals surface area (Å²) in [6.07, 6.45) is 1.57. The van der Waals surface area contributed by atoms with E-state index in [-0.39, 0.29) is 23.8 Å². The Balaban J connectivity index is 1.90. The molecule has 2 saturated heterocycles. The number of amides is 1. The van der Waals surface area contributed by atoms with Crippen LogP contribution in [0.4, 0.5) is 10.1 Å². The molecular weight excluding hydrogens is 269 g/mol. The summed E-state index contributed by atoms with van der Waals surface area (Å²) in [6, 6.07) is 3.53. The molecule has 21 heavy (non-hydrogen) atoms. The van der Waals surface area contributed by atoms with Gasteiger partial charge in [-0.1, -0.05) is 0 Å². The Labute approximate surface area is 124 Å². The van der Waals surface area contributed by atoms with Gasteiger partial charge in [0.2, 0.25) is 5.91 Å². The molecule has 0 saturated carbocycles. The summed E-state index contributed by atoms with van der Waals surface area (Å²) < 4.78 is 13.8. The molecule has 0 aliphatic carbocycles. The van der Waals surface area contributed by atoms with E-state index in [2.05, 4.69) is 4.90 Å². The highest BCUT2D eigenvalue weighted by atomic mass is 19.1. The fourth-order valence-corrected chi connectivity index (χ4v) is 3.40. The van der Waals surface area contributed by atoms with Crippen molar-refractivity contribution in [1.82, 2.24) is 4.90 Å². The fraction of sp³-hybridized carbons (Fsp3) is 0.562. The fourth-order valence-electron chi connectivity index (χ4n) is 3.40. The number of aryl methyl sites for hydroxylation is 1. The van der Waals surface area contributed by atoms with E-state index in [1.54, 1.807) is 13.0 Å². The first-order valence-electron chi connectivity index (χ1n) is 7.57. The van der Waals surface area contributed by atoms with E-state index in [0.717, 1.165) is 37.3 Å². The molecule has 1 aromatic rings. The number of nitrogens with zero attached hydrogens (tertiary/aromatic N) is 2. The van der Waals surface area contributed by atoms with Gasteiger partial charge in [0.25, 0.3) is 0 Å². The summed E-state index contributed by atoms with van der Waals surface area (Å²) in [4.78, 5) is 16.0. The van der Waals surface area contributed by atoms with Gasteiger partial charge in [-0.2, -0.15) is 0 Å². The number of nitrogens with two attached hydrogens (primary N) is 1. The first-order valence-corrected chi connectivity index (χ1v) is 7.57. The first-order chi connectivity index (χ1) is 9.97. The number of halogens is 1. The number of piperazine rings is 1. The maximum Gasteiger partial charge on any atom is 0.223 e. The maximum absolute atomic E-state index is 13.8. The number of benzene rings is 1. The van der Waals surface area contributed by atoms with Crippen molar-refractivity contribution in [3.8, 4) is 0 Å². The minimum atomic E-state index is -0.210. The molecule has 3 rings (SSSR count). The minimum absolute atomic E-state index is 0.208. The molecule has 2 aliphatic heterocycles. The molecule has 1 unspecified atom stereocenters. The van der Waals surface area contributed by atoms with Crippen LogP contribution in [0.3, 0.4) is 0 Å². The van der Waals surface area contributed by atoms with Gasteiger partial charge in [-0.25, -0.2) is 4.39 Å². The highest BCUT2D eigenvalue weighted by Gasteiger charge is 2.36. The van der Waals surface area contributed by atoms with Crippen molar-refractivity contribution in [2.45, 2.75) is 38.8 Å². The van der Waals surface area contributed by atoms with Crippen molar-refractivity contribution in [3.63, 3.8) is 0 Å². The van der Waals surface area contributed by atoms with Crippen LogP contribution in [0.15, 0.2) is 12.1 Å². The van der Waals surface area contributed by atoms with Crippen molar-refractivity contribution in [1.29, 1.82) is 0 Å². The van der Waals surface area contributed by atoms with Gasteiger partial charge in [0.05, 0.1) is 0 Å². The number of rotatable bonds is 2. The molecule has 2 atom stereocenters. The molecule has 4 nitrogen and oxygen atoms in total. The number of anilines is 1. The number of carbonyl (C=O) groups is 1. The lowest BCUT2D eigenvalue weighted by molar-refractivity contribution is -0.129. The quantitative estimate of drug-likeness (QED) is 0.906. The van der Waals surface area contributed by atoms with E-state index in [1.165, 1.54) is 0 Å². The SMILES string of the molecule is Cc1cc(N2CCN3C(=O)CCC3C2)c([C@H](C)N)cc1F. The summed E-state index contributed by atoms with van der Waals surface area (Å²) in [5.41, 5.74) is 8.51. The van der Waals surface area contributed by atoms with Crippen LogP contribution in [-0.4, -0.2) is 36.5 Å². The molecule has 2 aliphatic rings. The van der Waals surface area contributed by atoms with Crippen LogP contribution in [-0.2, 0) is 4.79 Å². The average molecular weight is 291 g/mol. The van der Waals surface area contributed by atoms with Crippen LogP contribution >= 0.6 is 0 Å². The van der Waals surface area contributed by atoms with Crippen molar-refractivity contribution >= 4 is 11.6 Å². The molecule has 5 heteroatoms. The van der Waals surface area contributed by atoms with Gasteiger partial charge in [-0.05, 0) is 43.5 Å². The number of fused-ring (bicyclic) bond motifs is 1. The third kappa shape index (κ3) is 2.50. The lowest BCUT2D eigenvalue weighted by atomic mass is 10.0. The summed E-state index contributed by atoms with van der Waals surface area (Å²) in [5, 5.41) is 0. The number of hydrogen-bond donors (Lipinski definition) is 1. The zero-order valence-electron chi connectivity index (χ0n) is 12.6. The maximum atomic E-state index is 13.8. The van der Waals surface area contributed by atoms with Gasteiger partial charge in [0.15, 0.2) is 0 Å². The molecule has 0 radical (unpaired) electrons. The van der Waals surface area contributed by atoms with Crippen molar-refractivity contribution in [3.05, 3.63) is 29.1 Å². The molecule has 2 fully saturated rings. The van der Waals surface area contributed by atoms with Crippen LogP contribution in [0, 0.1) is 12.7 Å². The lowest BCUT2D eigenvalue weighted by Gasteiger charge is -2.40. The second kappa shape index (κ2) is 5.30. The highest BCUT2D eigenvalue weighted by Crippen LogP contribution is 2.32. The molecule has 0 aromatic heterocycles. The van der Waals surface area contributed by atoms with E-state index >= 15 is 0 Å². The average Bonchev–Trinajstić information content (AvgIpc) is 2.82. The molecule has 2 heterocycles. The Kier molecular flexibility index (Phi) is 3.61. The number of hydrogen-bond acceptors (Lipinski definition) is 3. The Morgan fingerprint density at radius 2 is 2.14 bits per heavy atom. The topological polar surface area (TPSA) is 49.6 Å². The largest absolute Gasteiger partial charge is 0.367 e. The van der Waals surface area contributed by atoms with Gasteiger partial charge in [-0.3, -0.25) is 4.79 Å². The summed E-state index contributed by atoms with van der Waals surface area (Å²) in [6.45, 7) is 6.00. The Morgan fingerprint density at radius 3 is 2.86 bits per heavy atom. The van der Waals surface area contributed by atoms with Crippen molar-refractivity contribution in [2.75, 3.05) is 24.5 Å². The van der Waals surface area contributed by atoms with Gasteiger partial charge in [0.1, 0.15) is 5.82 Å². The summed E-state index contributed by atoms with van der Waals surface area (Å²) >= 11 is 0. The Hall–Kier alpha value is -1.62. The van der Waals surface area contributed by atoms with Gasteiger partial charge in [-0.15, -0.1) is 0 Å². The summed E-state index contributed by atoms with van der Waals surface area (Å²) in [7, 11) is 0. The molecule has 1 aromatic carbocycles. The van der Waals surface area contributed by atoms with Crippen molar-refractivity contribution in [2.24, 2.45) is 5.73 Å². The van der Waals surface area contributed by atoms with Crippen LogP contribution in [0.5, 0.6) is 0 Å². The van der Waals surface area contributed by atoms with Crippen LogP contribution < -0.4 is 10.6 Å².